The van der Waals surface area contributed by atoms with Crippen molar-refractivity contribution >= 4 is 27.3 Å². The molecule has 0 amide bonds. The van der Waals surface area contributed by atoms with Crippen molar-refractivity contribution in [2.24, 2.45) is 0 Å². The molecular weight excluding hydrogens is 307 g/mol. The van der Waals surface area contributed by atoms with Crippen LogP contribution in [0, 0.1) is 0 Å². The van der Waals surface area contributed by atoms with Gasteiger partial charge in [0.1, 0.15) is 0 Å². The second-order valence-electron chi connectivity index (χ2n) is 2.61. The molecule has 0 aliphatic rings. The molecule has 9 heavy (non-hydrogen) atoms. The average Bonchev–Trinajstić information content (AvgIpc) is 1.61. The van der Waals surface area contributed by atoms with Crippen molar-refractivity contribution < 1.29 is 0 Å². The fraction of sp³-hybridized carbons (Fsp3) is 1.00. The standard InChI is InChI=1S/C6H16N2.Pb/c1-7(2)5-6-8(3)4;/h5-6H2,1-4H3;. The minimum atomic E-state index is 0. The fourth-order valence-corrected chi connectivity index (χ4v) is 0.400. The Balaban J connectivity index is 0. The van der Waals surface area contributed by atoms with E-state index in [9.17, 15) is 0 Å². The van der Waals surface area contributed by atoms with Gasteiger partial charge in [-0.3, -0.25) is 0 Å². The summed E-state index contributed by atoms with van der Waals surface area (Å²) in [6.07, 6.45) is 0. The molecule has 0 N–H and O–H groups in total. The van der Waals surface area contributed by atoms with E-state index in [1.165, 1.54) is 0 Å². The first-order chi connectivity index (χ1) is 3.63. The Morgan fingerprint density at radius 3 is 1.11 bits per heavy atom. The Morgan fingerprint density at radius 2 is 1.00 bits per heavy atom. The van der Waals surface area contributed by atoms with E-state index < -0.39 is 0 Å². The van der Waals surface area contributed by atoms with Crippen LogP contribution in [0.1, 0.15) is 0 Å². The average molecular weight is 323 g/mol. The third-order valence-corrected chi connectivity index (χ3v) is 0.994. The zero-order chi connectivity index (χ0) is 6.57. The molecule has 4 radical (unpaired) electrons. The Kier molecular flexibility index (Phi) is 9.67. The molecule has 0 heterocycles. The molecule has 0 aliphatic carbocycles. The Morgan fingerprint density at radius 1 is 0.778 bits per heavy atom. The minimum absolute atomic E-state index is 0. The molecule has 0 saturated heterocycles. The van der Waals surface area contributed by atoms with Gasteiger partial charge >= 0.3 is 0 Å². The molecule has 0 aliphatic heterocycles. The van der Waals surface area contributed by atoms with Crippen molar-refractivity contribution in [3.05, 3.63) is 0 Å². The predicted molar refractivity (Wildman–Crippen MR) is 42.9 cm³/mol. The van der Waals surface area contributed by atoms with Gasteiger partial charge < -0.3 is 9.80 Å². The number of hydrogen-bond donors (Lipinski definition) is 0. The zero-order valence-corrected chi connectivity index (χ0v) is 10.7. The summed E-state index contributed by atoms with van der Waals surface area (Å²) in [4.78, 5) is 4.36. The molecule has 3 heteroatoms. The number of likely N-dealkylation sites (N-methyl/N-ethyl adjacent to an activating group) is 2. The van der Waals surface area contributed by atoms with E-state index in [0.29, 0.717) is 0 Å². The first kappa shape index (κ1) is 12.5. The quantitative estimate of drug-likeness (QED) is 0.660. The normalized spacial score (nSPS) is 10.0. The van der Waals surface area contributed by atoms with Crippen LogP contribution in [0.15, 0.2) is 0 Å². The van der Waals surface area contributed by atoms with Crippen LogP contribution in [-0.2, 0) is 0 Å². The van der Waals surface area contributed by atoms with Gasteiger partial charge in [0.2, 0.25) is 0 Å². The molecule has 0 rings (SSSR count). The van der Waals surface area contributed by atoms with Gasteiger partial charge in [-0.25, -0.2) is 0 Å². The maximum atomic E-state index is 2.18. The smallest absolute Gasteiger partial charge is 0.0103 e. The van der Waals surface area contributed by atoms with Crippen LogP contribution in [0.3, 0.4) is 0 Å². The summed E-state index contributed by atoms with van der Waals surface area (Å²) in [6.45, 7) is 2.29. The number of rotatable bonds is 3. The van der Waals surface area contributed by atoms with E-state index in [4.69, 9.17) is 0 Å². The summed E-state index contributed by atoms with van der Waals surface area (Å²) in [7, 11) is 8.35. The van der Waals surface area contributed by atoms with Crippen molar-refractivity contribution in [3.8, 4) is 0 Å². The van der Waals surface area contributed by atoms with Crippen LogP contribution in [0.4, 0.5) is 0 Å². The van der Waals surface area contributed by atoms with Gasteiger partial charge in [0.05, 0.1) is 0 Å². The summed E-state index contributed by atoms with van der Waals surface area (Å²) in [5, 5.41) is 0. The van der Waals surface area contributed by atoms with Gasteiger partial charge in [0.25, 0.3) is 0 Å². The molecule has 0 unspecified atom stereocenters. The van der Waals surface area contributed by atoms with E-state index in [1.807, 2.05) is 0 Å². The van der Waals surface area contributed by atoms with Crippen molar-refractivity contribution in [3.63, 3.8) is 0 Å². The molecule has 0 aromatic heterocycles. The maximum absolute atomic E-state index is 2.18. The number of hydrogen-bond acceptors (Lipinski definition) is 2. The van der Waals surface area contributed by atoms with E-state index in [0.717, 1.165) is 13.1 Å². The van der Waals surface area contributed by atoms with Gasteiger partial charge in [0.15, 0.2) is 0 Å². The summed E-state index contributed by atoms with van der Waals surface area (Å²) in [6, 6.07) is 0. The molecule has 2 nitrogen and oxygen atoms in total. The van der Waals surface area contributed by atoms with E-state index in [-0.39, 0.29) is 27.3 Å². The fourth-order valence-electron chi connectivity index (χ4n) is 0.400. The second kappa shape index (κ2) is 6.96. The van der Waals surface area contributed by atoms with E-state index in [2.05, 4.69) is 38.0 Å². The van der Waals surface area contributed by atoms with Crippen LogP contribution in [0.2, 0.25) is 0 Å². The Bertz CT molecular complexity index is 47.0. The third kappa shape index (κ3) is 12.1. The van der Waals surface area contributed by atoms with Gasteiger partial charge in [-0.05, 0) is 28.2 Å². The third-order valence-electron chi connectivity index (χ3n) is 0.994. The number of nitrogens with zero attached hydrogens (tertiary/aromatic N) is 2. The summed E-state index contributed by atoms with van der Waals surface area (Å²) < 4.78 is 0. The van der Waals surface area contributed by atoms with Crippen LogP contribution in [0.25, 0.3) is 0 Å². The van der Waals surface area contributed by atoms with Crippen molar-refractivity contribution in [2.75, 3.05) is 41.3 Å². The first-order valence-electron chi connectivity index (χ1n) is 2.92. The topological polar surface area (TPSA) is 6.48 Å². The van der Waals surface area contributed by atoms with Crippen LogP contribution >= 0.6 is 0 Å². The second-order valence-corrected chi connectivity index (χ2v) is 2.61. The van der Waals surface area contributed by atoms with Crippen LogP contribution in [-0.4, -0.2) is 78.4 Å². The SMILES string of the molecule is CN(C)CCN(C)C.[Pb]. The Hall–Kier alpha value is 0.842. The van der Waals surface area contributed by atoms with Gasteiger partial charge in [-0.15, -0.1) is 0 Å². The largest absolute Gasteiger partial charge is 0.308 e. The van der Waals surface area contributed by atoms with Gasteiger partial charge in [-0.1, -0.05) is 0 Å². The maximum Gasteiger partial charge on any atom is 0.0103 e. The molecule has 0 spiro atoms. The van der Waals surface area contributed by atoms with Gasteiger partial charge in [0, 0.05) is 40.4 Å². The van der Waals surface area contributed by atoms with Crippen LogP contribution < -0.4 is 0 Å². The predicted octanol–water partition coefficient (Wildman–Crippen LogP) is -0.271. The zero-order valence-electron chi connectivity index (χ0n) is 6.81. The molecule has 54 valence electrons. The molecule has 0 saturated carbocycles. The van der Waals surface area contributed by atoms with Crippen molar-refractivity contribution in [1.82, 2.24) is 9.80 Å². The van der Waals surface area contributed by atoms with Gasteiger partial charge in [-0.2, -0.15) is 0 Å². The van der Waals surface area contributed by atoms with Crippen molar-refractivity contribution in [2.45, 2.75) is 0 Å². The van der Waals surface area contributed by atoms with E-state index >= 15 is 0 Å². The minimum Gasteiger partial charge on any atom is -0.308 e. The molecule has 0 fully saturated rings. The van der Waals surface area contributed by atoms with Crippen LogP contribution in [0.5, 0.6) is 0 Å². The first-order valence-corrected chi connectivity index (χ1v) is 2.92. The molecule has 0 aromatic rings. The summed E-state index contributed by atoms with van der Waals surface area (Å²) in [5.41, 5.74) is 0. The Labute approximate surface area is 78.4 Å². The molecular formula is C6H16N2Pb. The molecule has 0 aromatic carbocycles. The van der Waals surface area contributed by atoms with Crippen molar-refractivity contribution in [1.29, 1.82) is 0 Å². The van der Waals surface area contributed by atoms with E-state index in [1.54, 1.807) is 0 Å². The monoisotopic (exact) mass is 324 g/mol. The molecule has 0 bridgehead atoms. The summed E-state index contributed by atoms with van der Waals surface area (Å²) >= 11 is 0. The molecule has 0 atom stereocenters. The summed E-state index contributed by atoms with van der Waals surface area (Å²) in [5.74, 6) is 0.